The minimum Gasteiger partial charge on any atom is -0.325 e. The van der Waals surface area contributed by atoms with Gasteiger partial charge >= 0.3 is 0 Å². The molecule has 1 heterocycles. The Morgan fingerprint density at radius 3 is 3.11 bits per heavy atom. The van der Waals surface area contributed by atoms with Gasteiger partial charge in [0, 0.05) is 11.7 Å². The summed E-state index contributed by atoms with van der Waals surface area (Å²) in [5, 5.41) is 11.6. The quantitative estimate of drug-likeness (QED) is 0.883. The third-order valence-electron chi connectivity index (χ3n) is 3.31. The second kappa shape index (κ2) is 5.65. The van der Waals surface area contributed by atoms with Gasteiger partial charge < -0.3 is 5.32 Å². The summed E-state index contributed by atoms with van der Waals surface area (Å²) >= 11 is 0. The normalized spacial score (nSPS) is 19.4. The molecule has 0 saturated carbocycles. The molecular weight excluding hydrogens is 226 g/mol. The number of anilines is 1. The Balaban J connectivity index is 1.92. The fourth-order valence-corrected chi connectivity index (χ4v) is 2.28. The van der Waals surface area contributed by atoms with Crippen molar-refractivity contribution >= 4 is 11.6 Å². The monoisotopic (exact) mass is 243 g/mol. The largest absolute Gasteiger partial charge is 0.325 e. The van der Waals surface area contributed by atoms with Gasteiger partial charge in [0.15, 0.2) is 0 Å². The van der Waals surface area contributed by atoms with Crippen LogP contribution in [0.5, 0.6) is 0 Å². The highest BCUT2D eigenvalue weighted by Gasteiger charge is 2.22. The molecule has 1 aromatic rings. The summed E-state index contributed by atoms with van der Waals surface area (Å²) in [6, 6.07) is 9.52. The smallest absolute Gasteiger partial charge is 0.238 e. The molecule has 1 N–H and O–H groups in total. The van der Waals surface area contributed by atoms with Gasteiger partial charge in [-0.2, -0.15) is 5.26 Å². The standard InChI is InChI=1S/C14H17N3O/c1-11-4-3-7-17(11)10-14(18)16-13-6-2-5-12(8-13)9-15/h2,5-6,8,11H,3-4,7,10H2,1H3,(H,16,18). The van der Waals surface area contributed by atoms with Crippen molar-refractivity contribution < 1.29 is 4.79 Å². The molecule has 1 amide bonds. The zero-order chi connectivity index (χ0) is 13.0. The topological polar surface area (TPSA) is 56.1 Å². The van der Waals surface area contributed by atoms with Gasteiger partial charge in [-0.05, 0) is 44.5 Å². The number of carbonyl (C=O) groups excluding carboxylic acids is 1. The van der Waals surface area contributed by atoms with E-state index in [4.69, 9.17) is 5.26 Å². The van der Waals surface area contributed by atoms with Crippen LogP contribution < -0.4 is 5.32 Å². The van der Waals surface area contributed by atoms with Gasteiger partial charge in [0.25, 0.3) is 0 Å². The zero-order valence-electron chi connectivity index (χ0n) is 10.5. The molecule has 0 aromatic heterocycles. The molecule has 0 aliphatic carbocycles. The molecule has 0 bridgehead atoms. The number of hydrogen-bond acceptors (Lipinski definition) is 3. The van der Waals surface area contributed by atoms with E-state index in [0.717, 1.165) is 13.0 Å². The third-order valence-corrected chi connectivity index (χ3v) is 3.31. The van der Waals surface area contributed by atoms with Crippen LogP contribution in [-0.2, 0) is 4.79 Å². The van der Waals surface area contributed by atoms with Gasteiger partial charge in [-0.25, -0.2) is 0 Å². The van der Waals surface area contributed by atoms with Gasteiger partial charge in [-0.15, -0.1) is 0 Å². The molecule has 1 saturated heterocycles. The van der Waals surface area contributed by atoms with Crippen molar-refractivity contribution in [3.63, 3.8) is 0 Å². The number of carbonyl (C=O) groups is 1. The first-order valence-electron chi connectivity index (χ1n) is 6.23. The van der Waals surface area contributed by atoms with Crippen molar-refractivity contribution in [1.29, 1.82) is 5.26 Å². The first kappa shape index (κ1) is 12.6. The second-order valence-corrected chi connectivity index (χ2v) is 4.70. The van der Waals surface area contributed by atoms with Crippen LogP contribution >= 0.6 is 0 Å². The van der Waals surface area contributed by atoms with E-state index in [1.54, 1.807) is 24.3 Å². The second-order valence-electron chi connectivity index (χ2n) is 4.70. The molecule has 1 aliphatic heterocycles. The summed E-state index contributed by atoms with van der Waals surface area (Å²) in [5.74, 6) is -0.0150. The Morgan fingerprint density at radius 2 is 2.44 bits per heavy atom. The average Bonchev–Trinajstić information content (AvgIpc) is 2.75. The molecule has 1 aliphatic rings. The third kappa shape index (κ3) is 3.08. The molecule has 94 valence electrons. The molecule has 18 heavy (non-hydrogen) atoms. The van der Waals surface area contributed by atoms with Crippen molar-refractivity contribution in [3.05, 3.63) is 29.8 Å². The summed E-state index contributed by atoms with van der Waals surface area (Å²) in [5.41, 5.74) is 1.24. The lowest BCUT2D eigenvalue weighted by Gasteiger charge is -2.20. The van der Waals surface area contributed by atoms with Crippen molar-refractivity contribution in [2.24, 2.45) is 0 Å². The van der Waals surface area contributed by atoms with Crippen LogP contribution in [0.2, 0.25) is 0 Å². The van der Waals surface area contributed by atoms with E-state index in [9.17, 15) is 4.79 Å². The molecule has 1 atom stereocenters. The number of nitrogens with zero attached hydrogens (tertiary/aromatic N) is 2. The lowest BCUT2D eigenvalue weighted by molar-refractivity contribution is -0.117. The number of nitriles is 1. The highest BCUT2D eigenvalue weighted by Crippen LogP contribution is 2.16. The van der Waals surface area contributed by atoms with Crippen molar-refractivity contribution in [3.8, 4) is 6.07 Å². The van der Waals surface area contributed by atoms with Gasteiger partial charge in [-0.1, -0.05) is 6.07 Å². The predicted octanol–water partition coefficient (Wildman–Crippen LogP) is 1.98. The molecule has 1 fully saturated rings. The minimum atomic E-state index is -0.0150. The Hall–Kier alpha value is -1.86. The summed E-state index contributed by atoms with van der Waals surface area (Å²) in [6.07, 6.45) is 2.33. The lowest BCUT2D eigenvalue weighted by Crippen LogP contribution is -2.35. The van der Waals surface area contributed by atoms with Crippen LogP contribution in [0.4, 0.5) is 5.69 Å². The number of rotatable bonds is 3. The van der Waals surface area contributed by atoms with Crippen LogP contribution in [0.25, 0.3) is 0 Å². The maximum absolute atomic E-state index is 11.9. The van der Waals surface area contributed by atoms with E-state index in [2.05, 4.69) is 23.2 Å². The maximum atomic E-state index is 11.9. The fourth-order valence-electron chi connectivity index (χ4n) is 2.28. The number of nitrogens with one attached hydrogen (secondary N) is 1. The number of benzene rings is 1. The van der Waals surface area contributed by atoms with E-state index >= 15 is 0 Å². The summed E-state index contributed by atoms with van der Waals surface area (Å²) in [7, 11) is 0. The molecule has 0 radical (unpaired) electrons. The predicted molar refractivity (Wildman–Crippen MR) is 70.1 cm³/mol. The van der Waals surface area contributed by atoms with Gasteiger partial charge in [0.1, 0.15) is 0 Å². The van der Waals surface area contributed by atoms with Crippen LogP contribution in [-0.4, -0.2) is 29.9 Å². The van der Waals surface area contributed by atoms with E-state index in [1.165, 1.54) is 6.42 Å². The Kier molecular flexibility index (Phi) is 3.96. The molecule has 4 heteroatoms. The number of hydrogen-bond donors (Lipinski definition) is 1. The van der Waals surface area contributed by atoms with Crippen molar-refractivity contribution in [1.82, 2.24) is 4.90 Å². The number of likely N-dealkylation sites (tertiary alicyclic amines) is 1. The van der Waals surface area contributed by atoms with E-state index in [1.807, 2.05) is 0 Å². The van der Waals surface area contributed by atoms with Crippen LogP contribution in [0.1, 0.15) is 25.3 Å². The van der Waals surface area contributed by atoms with Crippen LogP contribution in [0.15, 0.2) is 24.3 Å². The summed E-state index contributed by atoms with van der Waals surface area (Å²) in [4.78, 5) is 14.1. The van der Waals surface area contributed by atoms with E-state index < -0.39 is 0 Å². The molecule has 0 spiro atoms. The molecule has 2 rings (SSSR count). The highest BCUT2D eigenvalue weighted by molar-refractivity contribution is 5.92. The lowest BCUT2D eigenvalue weighted by atomic mass is 10.2. The average molecular weight is 243 g/mol. The van der Waals surface area contributed by atoms with Gasteiger partial charge in [0.05, 0.1) is 18.2 Å². The van der Waals surface area contributed by atoms with Gasteiger partial charge in [0.2, 0.25) is 5.91 Å². The minimum absolute atomic E-state index is 0.0150. The fraction of sp³-hybridized carbons (Fsp3) is 0.429. The Morgan fingerprint density at radius 1 is 1.61 bits per heavy atom. The first-order valence-corrected chi connectivity index (χ1v) is 6.23. The van der Waals surface area contributed by atoms with Crippen molar-refractivity contribution in [2.75, 3.05) is 18.4 Å². The van der Waals surface area contributed by atoms with Crippen LogP contribution in [0.3, 0.4) is 0 Å². The maximum Gasteiger partial charge on any atom is 0.238 e. The van der Waals surface area contributed by atoms with E-state index in [-0.39, 0.29) is 5.91 Å². The number of amides is 1. The Labute approximate surface area is 107 Å². The molecule has 1 unspecified atom stereocenters. The SMILES string of the molecule is CC1CCCN1CC(=O)Nc1cccc(C#N)c1. The van der Waals surface area contributed by atoms with Gasteiger partial charge in [-0.3, -0.25) is 9.69 Å². The zero-order valence-corrected chi connectivity index (χ0v) is 10.5. The molecule has 1 aromatic carbocycles. The Bertz CT molecular complexity index is 478. The van der Waals surface area contributed by atoms with Crippen molar-refractivity contribution in [2.45, 2.75) is 25.8 Å². The summed E-state index contributed by atoms with van der Waals surface area (Å²) in [6.45, 7) is 3.57. The highest BCUT2D eigenvalue weighted by atomic mass is 16.2. The molecule has 4 nitrogen and oxygen atoms in total. The van der Waals surface area contributed by atoms with Crippen LogP contribution in [0, 0.1) is 11.3 Å². The van der Waals surface area contributed by atoms with E-state index in [0.29, 0.717) is 23.8 Å². The summed E-state index contributed by atoms with van der Waals surface area (Å²) < 4.78 is 0. The first-order chi connectivity index (χ1) is 8.69. The molecular formula is C14H17N3O.